The van der Waals surface area contributed by atoms with Gasteiger partial charge in [0.25, 0.3) is 0 Å². The Kier molecular flexibility index (Phi) is 32.5. The first-order valence-electron chi connectivity index (χ1n) is 35.0. The van der Waals surface area contributed by atoms with Gasteiger partial charge in [0, 0.05) is 56.0 Å². The third-order valence-electron chi connectivity index (χ3n) is 20.0. The molecular weight excluding hydrogens is 1590 g/mol. The first-order chi connectivity index (χ1) is 50.6. The molecule has 0 spiro atoms. The minimum atomic E-state index is -5.02. The number of nitrogens with zero attached hydrogens (tertiary/aromatic N) is 20. The van der Waals surface area contributed by atoms with Gasteiger partial charge in [-0.25, -0.2) is 62.3 Å². The number of alkyl carbamates (subject to hydrolysis) is 1. The van der Waals surface area contributed by atoms with Crippen molar-refractivity contribution in [2.24, 2.45) is 0 Å². The molecule has 588 valence electrons. The molecule has 13 heterocycles. The number of hydrogen-bond acceptors (Lipinski definition) is 31. The summed E-state index contributed by atoms with van der Waals surface area (Å²) in [6.45, 7) is 10.4. The number of benzene rings is 1. The quantitative estimate of drug-likeness (QED) is 0.0391. The predicted octanol–water partition coefficient (Wildman–Crippen LogP) is -11.0. The summed E-state index contributed by atoms with van der Waals surface area (Å²) in [5, 5.41) is 41.8. The fourth-order valence-electron chi connectivity index (χ4n) is 15.1. The maximum atomic E-state index is 12.4. The molecule has 2 N–H and O–H groups in total. The molecule has 9 amide bonds. The topological polar surface area (TPSA) is 533 Å². The number of piperidine rings is 5. The zero-order chi connectivity index (χ0) is 76.3. The Labute approximate surface area is 729 Å². The molecule has 4 aromatic heterocycles. The van der Waals surface area contributed by atoms with Crippen LogP contribution >= 0.6 is 0 Å². The van der Waals surface area contributed by atoms with Crippen LogP contribution in [0.4, 0.5) is 24.0 Å². The Morgan fingerprint density at radius 2 is 0.802 bits per heavy atom. The number of carbonyl (C=O) groups excluding carboxylic acids is 5. The molecule has 1 aromatic carbocycles. The average Bonchev–Trinajstić information content (AvgIpc) is 1.65. The SMILES string of the molecule is CC(C)(C)OC(=O)NCc1cn(C[C@@H]2CC[C@@H]3CN2C(=O)N3OS(=O)(=O)[O-])nn1.O=C1N2C[C@@H](CC[C@H]2Cn2cc(-c3ccccc3)nn2)N1OS(=O)(=O)[O-].O=C1N2C[C@@H](CC[C@H]2Cn2cc(C3CCCCC3)nn2)N1OS(=O)(=O)[O-].O=C1N2C[C@@H](CC[C@H]2Cn2cc(C3CCNCC3)nn2)N1OS(=O)(=O)[O-].[Na+].[Na+].[Na+].[Na+]. The molecule has 8 bridgehead atoms. The van der Waals surface area contributed by atoms with Crippen LogP contribution in [0.2, 0.25) is 0 Å². The standard InChI is InChI=1S/C15H24N6O7S.C15H23N5O5S.C15H17N5O5S.C14H22N6O5S.4Na/c1-15(2,3)27-13(22)16-6-10-7-19(18-17-10)8-11-4-5-12-9-20(11)14(23)21(12)28-29(24,25)26;2*21-15-19-9-13(20(15)25-26(22,23)24)7-6-12(19)8-18-10-14(16-17-18)11-4-2-1-3-5-11;21-14-19-8-12(20(14)25-26(22,23)24)2-1-11(19)7-18-9-13(16-17-18)10-3-5-15-6-4-10;;;;/h7,11-12H,4-6,8-9H2,1-3H3,(H,16,22)(H,24,25,26);10-13H,1-9H2,(H,22,23,24);1-5,10,12-13H,6-9H2,(H,22,23,24);9-12,15H,1-8H2,(H,22,23,24);;;;/q;;;;4*+1/p-4/t11-,12+;2*12-,13+;11-,12+;;;;/m0000..../s1. The summed E-state index contributed by atoms with van der Waals surface area (Å²) < 4.78 is 159. The van der Waals surface area contributed by atoms with E-state index in [-0.39, 0.29) is 155 Å². The van der Waals surface area contributed by atoms with Crippen molar-refractivity contribution in [2.75, 3.05) is 39.3 Å². The summed E-state index contributed by atoms with van der Waals surface area (Å²) in [5.74, 6) is 0.869. The third kappa shape index (κ3) is 24.8. The number of fused-ring (bicyclic) bond motifs is 8. The van der Waals surface area contributed by atoms with E-state index in [0.717, 1.165) is 61.4 Å². The van der Waals surface area contributed by atoms with Crippen LogP contribution < -0.4 is 129 Å². The fraction of sp³-hybridized carbons (Fsp3) is 0.678. The summed E-state index contributed by atoms with van der Waals surface area (Å²) in [5.41, 5.74) is 3.56. The van der Waals surface area contributed by atoms with Crippen molar-refractivity contribution in [3.8, 4) is 11.3 Å². The zero-order valence-corrected chi connectivity index (χ0v) is 73.7. The van der Waals surface area contributed by atoms with E-state index in [1.54, 1.807) is 57.0 Å². The number of ether oxygens (including phenoxy) is 1. The molecule has 0 unspecified atom stereocenters. The minimum absolute atomic E-state index is 0. The van der Waals surface area contributed by atoms with Gasteiger partial charge >= 0.3 is 148 Å². The summed E-state index contributed by atoms with van der Waals surface area (Å²) in [6, 6.07) is 4.75. The molecule has 5 aromatic rings. The van der Waals surface area contributed by atoms with Crippen LogP contribution in [0.15, 0.2) is 55.1 Å². The van der Waals surface area contributed by atoms with Gasteiger partial charge in [0.2, 0.25) is 41.6 Å². The van der Waals surface area contributed by atoms with Crippen LogP contribution in [0, 0.1) is 0 Å². The van der Waals surface area contributed by atoms with Crippen LogP contribution in [-0.4, -0.2) is 275 Å². The van der Waals surface area contributed by atoms with Gasteiger partial charge in [-0.3, -0.25) is 14.0 Å². The van der Waals surface area contributed by atoms with Gasteiger partial charge in [-0.2, -0.15) is 37.4 Å². The maximum Gasteiger partial charge on any atom is 1.00 e. The van der Waals surface area contributed by atoms with E-state index in [4.69, 9.17) is 4.74 Å². The molecule has 10 aliphatic rings. The van der Waals surface area contributed by atoms with Crippen LogP contribution in [0.3, 0.4) is 0 Å². The van der Waals surface area contributed by atoms with E-state index >= 15 is 0 Å². The number of aromatic nitrogens is 12. The monoisotopic (exact) mass is 1670 g/mol. The van der Waals surface area contributed by atoms with Crippen molar-refractivity contribution in [1.29, 1.82) is 0 Å². The van der Waals surface area contributed by atoms with Crippen molar-refractivity contribution in [3.05, 3.63) is 72.2 Å². The molecule has 9 saturated heterocycles. The molecule has 10 fully saturated rings. The molecule has 8 atom stereocenters. The van der Waals surface area contributed by atoms with E-state index in [0.29, 0.717) is 135 Å². The van der Waals surface area contributed by atoms with Gasteiger partial charge in [0.15, 0.2) is 0 Å². The average molecular weight is 1670 g/mol. The van der Waals surface area contributed by atoms with Crippen molar-refractivity contribution >= 4 is 71.8 Å². The van der Waals surface area contributed by atoms with Gasteiger partial charge < -0.3 is 53.2 Å². The number of hydrogen-bond donors (Lipinski definition) is 2. The second-order valence-corrected chi connectivity index (χ2v) is 32.4. The van der Waals surface area contributed by atoms with Gasteiger partial charge in [0.05, 0.1) is 105 Å². The van der Waals surface area contributed by atoms with Crippen LogP contribution in [0.25, 0.3) is 11.3 Å². The largest absolute Gasteiger partial charge is 1.00 e. The van der Waals surface area contributed by atoms with E-state index in [9.17, 15) is 75.9 Å². The predicted molar refractivity (Wildman–Crippen MR) is 355 cm³/mol. The van der Waals surface area contributed by atoms with Gasteiger partial charge in [-0.1, -0.05) is 70.4 Å². The maximum absolute atomic E-state index is 12.4. The van der Waals surface area contributed by atoms with E-state index < -0.39 is 102 Å². The molecular formula is C59H82N22Na4O22S4. The number of rotatable bonds is 21. The number of nitrogens with one attached hydrogen (secondary N) is 2. The summed E-state index contributed by atoms with van der Waals surface area (Å²) in [6.07, 6.45) is 19.6. The molecule has 1 saturated carbocycles. The second kappa shape index (κ2) is 39.2. The van der Waals surface area contributed by atoms with Crippen molar-refractivity contribution in [3.63, 3.8) is 0 Å². The first kappa shape index (κ1) is 92.1. The number of amides is 9. The number of urea groups is 4. The van der Waals surface area contributed by atoms with Crippen molar-refractivity contribution in [2.45, 2.75) is 216 Å². The molecule has 52 heteroatoms. The Hall–Kier alpha value is -4.43. The summed E-state index contributed by atoms with van der Waals surface area (Å²) in [4.78, 5) is 67.3. The molecule has 15 rings (SSSR count). The van der Waals surface area contributed by atoms with Crippen LogP contribution in [-0.2, 0) is 96.2 Å². The minimum Gasteiger partial charge on any atom is -0.724 e. The van der Waals surface area contributed by atoms with E-state index in [1.165, 1.54) is 33.7 Å². The Morgan fingerprint density at radius 3 is 1.17 bits per heavy atom. The molecule has 111 heavy (non-hydrogen) atoms. The van der Waals surface area contributed by atoms with E-state index in [1.807, 2.05) is 42.7 Å². The molecule has 0 radical (unpaired) electrons. The molecule has 44 nitrogen and oxygen atoms in total. The normalized spacial score (nSPS) is 24.0. The smallest absolute Gasteiger partial charge is 0.724 e. The second-order valence-electron chi connectivity index (χ2n) is 28.6. The Bertz CT molecular complexity index is 4350. The van der Waals surface area contributed by atoms with Crippen molar-refractivity contribution in [1.82, 2.24) is 110 Å². The fourth-order valence-corrected chi connectivity index (χ4v) is 16.6. The van der Waals surface area contributed by atoms with Crippen LogP contribution in [0.5, 0.6) is 0 Å². The van der Waals surface area contributed by atoms with Gasteiger partial charge in [-0.05, 0) is 111 Å². The zero-order valence-electron chi connectivity index (χ0n) is 62.4. The van der Waals surface area contributed by atoms with Gasteiger partial charge in [-0.15, -0.1) is 20.4 Å². The summed E-state index contributed by atoms with van der Waals surface area (Å²) in [7, 11) is -19.9. The Balaban J connectivity index is 0.000000184. The first-order valence-corrected chi connectivity index (χ1v) is 40.3. The Morgan fingerprint density at radius 1 is 0.459 bits per heavy atom. The summed E-state index contributed by atoms with van der Waals surface area (Å²) >= 11 is 0. The molecule has 9 aliphatic heterocycles. The van der Waals surface area contributed by atoms with Gasteiger partial charge in [0.1, 0.15) is 17.0 Å². The van der Waals surface area contributed by atoms with E-state index in [2.05, 4.69) is 69.0 Å². The molecule has 1 aliphatic carbocycles. The number of hydroxylamine groups is 8. The van der Waals surface area contributed by atoms with Crippen LogP contribution in [0.1, 0.15) is 146 Å². The third-order valence-corrected chi connectivity index (χ3v) is 21.3. The number of carbonyl (C=O) groups is 5. The van der Waals surface area contributed by atoms with Crippen molar-refractivity contribution < 1.29 is 216 Å².